The topological polar surface area (TPSA) is 42.9 Å². The summed E-state index contributed by atoms with van der Waals surface area (Å²) >= 11 is 1.89. The van der Waals surface area contributed by atoms with Gasteiger partial charge in [-0.3, -0.25) is 9.89 Å². The Morgan fingerprint density at radius 3 is 2.62 bits per heavy atom. The van der Waals surface area contributed by atoms with Gasteiger partial charge in [0.1, 0.15) is 0 Å². The van der Waals surface area contributed by atoms with Crippen molar-refractivity contribution < 1.29 is 0 Å². The lowest BCUT2D eigenvalue weighted by atomic mass is 9.88. The fraction of sp³-hybridized carbons (Fsp3) is 0.773. The third kappa shape index (κ3) is 7.36. The summed E-state index contributed by atoms with van der Waals surface area (Å²) in [5, 5.41) is 9.53. The number of guanidine groups is 1. The average Bonchev–Trinajstić information content (AvgIpc) is 3.20. The molecule has 0 aromatic carbocycles. The summed E-state index contributed by atoms with van der Waals surface area (Å²) in [6.07, 6.45) is 4.98. The molecule has 1 aromatic heterocycles. The highest BCUT2D eigenvalue weighted by Gasteiger charge is 2.31. The molecule has 7 heteroatoms. The van der Waals surface area contributed by atoms with Gasteiger partial charge in [-0.15, -0.1) is 35.3 Å². The van der Waals surface area contributed by atoms with Gasteiger partial charge in [-0.05, 0) is 62.6 Å². The van der Waals surface area contributed by atoms with Crippen molar-refractivity contribution in [1.29, 1.82) is 0 Å². The normalized spacial score (nSPS) is 25.1. The van der Waals surface area contributed by atoms with E-state index in [1.807, 2.05) is 18.4 Å². The van der Waals surface area contributed by atoms with E-state index in [0.29, 0.717) is 18.0 Å². The molecule has 2 N–H and O–H groups in total. The quantitative estimate of drug-likeness (QED) is 0.329. The van der Waals surface area contributed by atoms with Gasteiger partial charge in [0.25, 0.3) is 0 Å². The first-order valence-corrected chi connectivity index (χ1v) is 11.9. The number of hydrogen-bond donors (Lipinski definition) is 2. The molecule has 5 nitrogen and oxygen atoms in total. The largest absolute Gasteiger partial charge is 0.356 e. The Hall–Kier alpha value is -0.380. The van der Waals surface area contributed by atoms with Crippen LogP contribution in [0.4, 0.5) is 0 Å². The highest BCUT2D eigenvalue weighted by atomic mass is 127. The number of hydrogen-bond acceptors (Lipinski definition) is 4. The first kappa shape index (κ1) is 24.9. The van der Waals surface area contributed by atoms with Crippen LogP contribution in [-0.2, 0) is 0 Å². The van der Waals surface area contributed by atoms with Crippen LogP contribution < -0.4 is 10.6 Å². The zero-order valence-corrected chi connectivity index (χ0v) is 21.7. The fourth-order valence-electron chi connectivity index (χ4n) is 4.77. The molecule has 2 aliphatic rings. The molecule has 0 radical (unpaired) electrons. The first-order valence-electron chi connectivity index (χ1n) is 11.0. The molecule has 29 heavy (non-hydrogen) atoms. The molecule has 0 bridgehead atoms. The smallest absolute Gasteiger partial charge is 0.191 e. The molecule has 166 valence electrons. The van der Waals surface area contributed by atoms with Gasteiger partial charge in [-0.25, -0.2) is 0 Å². The molecular formula is C22H40IN5S. The van der Waals surface area contributed by atoms with Crippen molar-refractivity contribution in [2.24, 2.45) is 16.8 Å². The minimum absolute atomic E-state index is 0. The van der Waals surface area contributed by atoms with Crippen LogP contribution in [0.1, 0.15) is 50.4 Å². The summed E-state index contributed by atoms with van der Waals surface area (Å²) in [6, 6.07) is 5.54. The molecule has 2 saturated heterocycles. The summed E-state index contributed by atoms with van der Waals surface area (Å²) in [6.45, 7) is 10.4. The molecule has 0 amide bonds. The van der Waals surface area contributed by atoms with E-state index in [0.717, 1.165) is 18.4 Å². The molecule has 3 heterocycles. The van der Waals surface area contributed by atoms with Crippen molar-refractivity contribution in [1.82, 2.24) is 20.4 Å². The van der Waals surface area contributed by atoms with E-state index in [1.165, 1.54) is 56.7 Å². The number of nitrogens with zero attached hydrogens (tertiary/aromatic N) is 3. The lowest BCUT2D eigenvalue weighted by Gasteiger charge is -2.39. The number of nitrogens with one attached hydrogen (secondary N) is 2. The summed E-state index contributed by atoms with van der Waals surface area (Å²) in [5.74, 6) is 2.35. The van der Waals surface area contributed by atoms with E-state index in [9.17, 15) is 0 Å². The van der Waals surface area contributed by atoms with E-state index >= 15 is 0 Å². The number of thiophene rings is 1. The second-order valence-corrected chi connectivity index (χ2v) is 9.89. The lowest BCUT2D eigenvalue weighted by Crippen LogP contribution is -2.50. The summed E-state index contributed by atoms with van der Waals surface area (Å²) in [5.41, 5.74) is 0. The lowest BCUT2D eigenvalue weighted by molar-refractivity contribution is 0.125. The fourth-order valence-corrected chi connectivity index (χ4v) is 5.76. The maximum absolute atomic E-state index is 4.51. The Bertz CT molecular complexity index is 598. The van der Waals surface area contributed by atoms with Crippen molar-refractivity contribution >= 4 is 41.3 Å². The average molecular weight is 534 g/mol. The summed E-state index contributed by atoms with van der Waals surface area (Å²) < 4.78 is 0. The third-order valence-corrected chi connectivity index (χ3v) is 7.09. The minimum atomic E-state index is 0. The van der Waals surface area contributed by atoms with Gasteiger partial charge < -0.3 is 15.5 Å². The Labute approximate surface area is 198 Å². The molecular weight excluding hydrogens is 493 g/mol. The van der Waals surface area contributed by atoms with Gasteiger partial charge in [0.05, 0.1) is 0 Å². The van der Waals surface area contributed by atoms with Crippen molar-refractivity contribution in [3.05, 3.63) is 22.4 Å². The van der Waals surface area contributed by atoms with Crippen molar-refractivity contribution in [3.63, 3.8) is 0 Å². The molecule has 3 rings (SSSR count). The van der Waals surface area contributed by atoms with Gasteiger partial charge in [-0.2, -0.15) is 0 Å². The van der Waals surface area contributed by atoms with E-state index in [1.54, 1.807) is 0 Å². The second kappa shape index (κ2) is 12.5. The molecule has 2 unspecified atom stereocenters. The molecule has 0 saturated carbocycles. The van der Waals surface area contributed by atoms with Crippen molar-refractivity contribution in [2.75, 3.05) is 46.8 Å². The van der Waals surface area contributed by atoms with Crippen LogP contribution >= 0.6 is 35.3 Å². The SMILES string of the molecule is CN=C(NCC1CCCN(C)C1c1cccs1)NC1CCN(CC(C)C)CC1.I. The van der Waals surface area contributed by atoms with E-state index in [4.69, 9.17) is 0 Å². The van der Waals surface area contributed by atoms with Crippen molar-refractivity contribution in [3.8, 4) is 0 Å². The number of piperidine rings is 2. The van der Waals surface area contributed by atoms with Gasteiger partial charge in [0, 0.05) is 50.2 Å². The number of likely N-dealkylation sites (tertiary alicyclic amines) is 2. The third-order valence-electron chi connectivity index (χ3n) is 6.15. The second-order valence-electron chi connectivity index (χ2n) is 8.91. The monoisotopic (exact) mass is 533 g/mol. The Balaban J connectivity index is 0.00000300. The van der Waals surface area contributed by atoms with E-state index in [2.05, 4.69) is 63.8 Å². The molecule has 1 aromatic rings. The maximum Gasteiger partial charge on any atom is 0.191 e. The predicted molar refractivity (Wildman–Crippen MR) is 137 cm³/mol. The standard InChI is InChI=1S/C22H39N5S.HI/c1-17(2)16-27-12-9-19(10-13-27)25-22(23-3)24-15-18-7-5-11-26(4)21(18)20-8-6-14-28-20;/h6,8,14,17-19,21H,5,7,9-13,15-16H2,1-4H3,(H2,23,24,25);1H. The zero-order valence-electron chi connectivity index (χ0n) is 18.6. The van der Waals surface area contributed by atoms with Gasteiger partial charge >= 0.3 is 0 Å². The van der Waals surface area contributed by atoms with Crippen LogP contribution in [0.5, 0.6) is 0 Å². The van der Waals surface area contributed by atoms with Crippen LogP contribution in [0.2, 0.25) is 0 Å². The summed E-state index contributed by atoms with van der Waals surface area (Å²) in [4.78, 5) is 11.1. The van der Waals surface area contributed by atoms with E-state index in [-0.39, 0.29) is 24.0 Å². The number of rotatable bonds is 6. The minimum Gasteiger partial charge on any atom is -0.356 e. The Kier molecular flexibility index (Phi) is 10.7. The molecule has 2 aliphatic heterocycles. The number of halogens is 1. The van der Waals surface area contributed by atoms with Gasteiger partial charge in [-0.1, -0.05) is 19.9 Å². The van der Waals surface area contributed by atoms with Crippen LogP contribution in [0.25, 0.3) is 0 Å². The number of aliphatic imine (C=N–C) groups is 1. The van der Waals surface area contributed by atoms with Gasteiger partial charge in [0.15, 0.2) is 5.96 Å². The highest BCUT2D eigenvalue weighted by Crippen LogP contribution is 2.36. The molecule has 0 aliphatic carbocycles. The summed E-state index contributed by atoms with van der Waals surface area (Å²) in [7, 11) is 4.17. The Morgan fingerprint density at radius 1 is 1.24 bits per heavy atom. The predicted octanol–water partition coefficient (Wildman–Crippen LogP) is 4.03. The molecule has 0 spiro atoms. The highest BCUT2D eigenvalue weighted by molar-refractivity contribution is 14.0. The van der Waals surface area contributed by atoms with Crippen LogP contribution in [0.15, 0.2) is 22.5 Å². The van der Waals surface area contributed by atoms with Crippen LogP contribution in [-0.4, -0.2) is 68.6 Å². The van der Waals surface area contributed by atoms with Crippen molar-refractivity contribution in [2.45, 2.75) is 51.6 Å². The van der Waals surface area contributed by atoms with Gasteiger partial charge in [0.2, 0.25) is 0 Å². The zero-order chi connectivity index (χ0) is 19.9. The van der Waals surface area contributed by atoms with E-state index < -0.39 is 0 Å². The maximum atomic E-state index is 4.51. The van der Waals surface area contributed by atoms with Crippen LogP contribution in [0, 0.1) is 11.8 Å². The molecule has 2 atom stereocenters. The molecule has 2 fully saturated rings. The Morgan fingerprint density at radius 2 is 2.00 bits per heavy atom. The first-order chi connectivity index (χ1) is 13.6. The van der Waals surface area contributed by atoms with Crippen LogP contribution in [0.3, 0.4) is 0 Å².